The van der Waals surface area contributed by atoms with Gasteiger partial charge in [-0.1, -0.05) is 13.8 Å². The van der Waals surface area contributed by atoms with Crippen LogP contribution in [-0.4, -0.2) is 28.4 Å². The van der Waals surface area contributed by atoms with Crippen LogP contribution in [-0.2, 0) is 16.0 Å². The average molecular weight is 307 g/mol. The average Bonchev–Trinajstić information content (AvgIpc) is 3.20. The minimum atomic E-state index is -0.896. The first kappa shape index (κ1) is 14.6. The summed E-state index contributed by atoms with van der Waals surface area (Å²) in [5.41, 5.74) is 1.30. The largest absolute Gasteiger partial charge is 0.481 e. The summed E-state index contributed by atoms with van der Waals surface area (Å²) in [6.45, 7) is 4.09. The van der Waals surface area contributed by atoms with Crippen molar-refractivity contribution >= 4 is 23.2 Å². The lowest BCUT2D eigenvalue weighted by Crippen LogP contribution is -2.45. The molecule has 1 fully saturated rings. The summed E-state index contributed by atoms with van der Waals surface area (Å²) in [5, 5.41) is 11.3. The molecule has 1 amide bonds. The van der Waals surface area contributed by atoms with Crippen LogP contribution < -0.4 is 0 Å². The Morgan fingerprint density at radius 2 is 2.05 bits per heavy atom. The molecule has 2 heterocycles. The van der Waals surface area contributed by atoms with Crippen LogP contribution in [0.4, 0.5) is 0 Å². The van der Waals surface area contributed by atoms with Gasteiger partial charge in [0, 0.05) is 17.3 Å². The first-order valence-corrected chi connectivity index (χ1v) is 8.48. The molecule has 21 heavy (non-hydrogen) atoms. The van der Waals surface area contributed by atoms with Crippen LogP contribution >= 0.6 is 11.3 Å². The maximum Gasteiger partial charge on any atom is 0.307 e. The van der Waals surface area contributed by atoms with Gasteiger partial charge in [-0.3, -0.25) is 9.59 Å². The summed E-state index contributed by atoms with van der Waals surface area (Å²) in [4.78, 5) is 27.3. The van der Waals surface area contributed by atoms with Crippen molar-refractivity contribution in [1.29, 1.82) is 0 Å². The van der Waals surface area contributed by atoms with Gasteiger partial charge in [-0.05, 0) is 42.2 Å². The topological polar surface area (TPSA) is 57.6 Å². The maximum absolute atomic E-state index is 12.8. The van der Waals surface area contributed by atoms with E-state index in [1.807, 2.05) is 4.90 Å². The molecule has 1 saturated carbocycles. The van der Waals surface area contributed by atoms with E-state index in [2.05, 4.69) is 11.4 Å². The molecule has 1 N–H and O–H groups in total. The van der Waals surface area contributed by atoms with Gasteiger partial charge in [-0.15, -0.1) is 11.3 Å². The Morgan fingerprint density at radius 3 is 2.67 bits per heavy atom. The molecule has 3 unspecified atom stereocenters. The fourth-order valence-electron chi connectivity index (χ4n) is 3.20. The van der Waals surface area contributed by atoms with Gasteiger partial charge in [0.15, 0.2) is 0 Å². The number of rotatable bonds is 4. The minimum absolute atomic E-state index is 0.00125. The first-order chi connectivity index (χ1) is 10.0. The monoisotopic (exact) mass is 307 g/mol. The minimum Gasteiger partial charge on any atom is -0.481 e. The fraction of sp³-hybridized carbons (Fsp3) is 0.625. The number of hydrogen-bond acceptors (Lipinski definition) is 3. The third-order valence-electron chi connectivity index (χ3n) is 4.89. The molecule has 2 aliphatic rings. The second-order valence-corrected chi connectivity index (χ2v) is 7.28. The van der Waals surface area contributed by atoms with Crippen LogP contribution in [0.15, 0.2) is 11.4 Å². The number of carbonyl (C=O) groups excluding carboxylic acids is 1. The van der Waals surface area contributed by atoms with Crippen LogP contribution in [0.5, 0.6) is 0 Å². The Kier molecular flexibility index (Phi) is 3.78. The van der Waals surface area contributed by atoms with E-state index < -0.39 is 17.8 Å². The molecule has 0 radical (unpaired) electrons. The summed E-state index contributed by atoms with van der Waals surface area (Å²) in [5.74, 6) is -1.44. The lowest BCUT2D eigenvalue weighted by Gasteiger charge is -2.38. The molecule has 1 aromatic heterocycles. The highest BCUT2D eigenvalue weighted by atomic mass is 32.1. The number of hydrogen-bond donors (Lipinski definition) is 1. The molecule has 3 atom stereocenters. The molecule has 3 rings (SSSR count). The highest BCUT2D eigenvalue weighted by Crippen LogP contribution is 2.48. The van der Waals surface area contributed by atoms with Crippen LogP contribution in [0.25, 0.3) is 0 Å². The molecule has 1 aliphatic carbocycles. The van der Waals surface area contributed by atoms with E-state index in [9.17, 15) is 9.59 Å². The normalized spacial score (nSPS) is 24.3. The number of carbonyl (C=O) groups is 2. The predicted molar refractivity (Wildman–Crippen MR) is 81.2 cm³/mol. The first-order valence-electron chi connectivity index (χ1n) is 7.60. The van der Waals surface area contributed by atoms with Gasteiger partial charge >= 0.3 is 5.97 Å². The molecule has 114 valence electrons. The molecule has 0 saturated heterocycles. The van der Waals surface area contributed by atoms with Crippen molar-refractivity contribution < 1.29 is 14.7 Å². The van der Waals surface area contributed by atoms with Crippen molar-refractivity contribution in [2.75, 3.05) is 6.54 Å². The Morgan fingerprint density at radius 1 is 1.33 bits per heavy atom. The molecular weight excluding hydrogens is 286 g/mol. The zero-order valence-corrected chi connectivity index (χ0v) is 13.2. The molecule has 0 aromatic carbocycles. The number of carboxylic acids is 1. The summed E-state index contributed by atoms with van der Waals surface area (Å²) in [6, 6.07) is 2.32. The number of amides is 1. The van der Waals surface area contributed by atoms with E-state index in [1.54, 1.807) is 25.2 Å². The van der Waals surface area contributed by atoms with Gasteiger partial charge < -0.3 is 10.0 Å². The predicted octanol–water partition coefficient (Wildman–Crippen LogP) is 2.94. The van der Waals surface area contributed by atoms with Gasteiger partial charge in [-0.25, -0.2) is 0 Å². The second-order valence-electron chi connectivity index (χ2n) is 6.28. The van der Waals surface area contributed by atoms with Gasteiger partial charge in [0.05, 0.1) is 12.0 Å². The van der Waals surface area contributed by atoms with Gasteiger partial charge in [0.25, 0.3) is 0 Å². The number of aliphatic carboxylic acids is 1. The zero-order chi connectivity index (χ0) is 15.1. The van der Waals surface area contributed by atoms with Crippen molar-refractivity contribution in [1.82, 2.24) is 4.90 Å². The van der Waals surface area contributed by atoms with E-state index in [4.69, 9.17) is 5.11 Å². The standard InChI is InChI=1S/C16H21NO3S/c1-9(10(2)16(19)20)15(18)17-7-5-13-12(6-8-21-13)14(17)11-3-4-11/h6,8-11,14H,3-5,7H2,1-2H3,(H,19,20). The summed E-state index contributed by atoms with van der Waals surface area (Å²) >= 11 is 1.78. The van der Waals surface area contributed by atoms with Crippen molar-refractivity contribution in [3.63, 3.8) is 0 Å². The number of thiophene rings is 1. The molecule has 0 bridgehead atoms. The summed E-state index contributed by atoms with van der Waals surface area (Å²) in [6.07, 6.45) is 3.25. The van der Waals surface area contributed by atoms with E-state index in [1.165, 1.54) is 23.3 Å². The van der Waals surface area contributed by atoms with E-state index >= 15 is 0 Å². The molecule has 5 heteroatoms. The maximum atomic E-state index is 12.8. The molecular formula is C16H21NO3S. The molecule has 1 aromatic rings. The highest BCUT2D eigenvalue weighted by molar-refractivity contribution is 7.10. The molecule has 4 nitrogen and oxygen atoms in total. The van der Waals surface area contributed by atoms with Crippen LogP contribution in [0.2, 0.25) is 0 Å². The van der Waals surface area contributed by atoms with Gasteiger partial charge in [0.1, 0.15) is 0 Å². The van der Waals surface area contributed by atoms with Gasteiger partial charge in [0.2, 0.25) is 5.91 Å². The van der Waals surface area contributed by atoms with Crippen molar-refractivity contribution in [3.8, 4) is 0 Å². The van der Waals surface area contributed by atoms with Gasteiger partial charge in [-0.2, -0.15) is 0 Å². The Balaban J connectivity index is 1.84. The Labute approximate surface area is 128 Å². The SMILES string of the molecule is CC(C(=O)O)C(C)C(=O)N1CCc2sccc2C1C1CC1. The summed E-state index contributed by atoms with van der Waals surface area (Å²) in [7, 11) is 0. The van der Waals surface area contributed by atoms with Crippen LogP contribution in [0.1, 0.15) is 43.2 Å². The Bertz CT molecular complexity index is 564. The molecule has 0 spiro atoms. The third-order valence-corrected chi connectivity index (χ3v) is 5.89. The fourth-order valence-corrected chi connectivity index (χ4v) is 4.12. The summed E-state index contributed by atoms with van der Waals surface area (Å²) < 4.78 is 0. The van der Waals surface area contributed by atoms with Crippen LogP contribution in [0, 0.1) is 17.8 Å². The lowest BCUT2D eigenvalue weighted by molar-refractivity contribution is -0.150. The Hall–Kier alpha value is -1.36. The third kappa shape index (κ3) is 2.59. The highest BCUT2D eigenvalue weighted by Gasteiger charge is 2.43. The number of nitrogens with zero attached hydrogens (tertiary/aromatic N) is 1. The van der Waals surface area contributed by atoms with E-state index in [0.717, 1.165) is 13.0 Å². The van der Waals surface area contributed by atoms with Crippen molar-refractivity contribution in [2.24, 2.45) is 17.8 Å². The second kappa shape index (κ2) is 5.44. The lowest BCUT2D eigenvalue weighted by atomic mass is 9.90. The smallest absolute Gasteiger partial charge is 0.307 e. The quantitative estimate of drug-likeness (QED) is 0.930. The van der Waals surface area contributed by atoms with Crippen molar-refractivity contribution in [2.45, 2.75) is 39.2 Å². The zero-order valence-electron chi connectivity index (χ0n) is 12.4. The molecule has 1 aliphatic heterocycles. The number of carboxylic acid groups (broad SMARTS) is 1. The van der Waals surface area contributed by atoms with Crippen molar-refractivity contribution in [3.05, 3.63) is 21.9 Å². The van der Waals surface area contributed by atoms with Crippen LogP contribution in [0.3, 0.4) is 0 Å². The number of fused-ring (bicyclic) bond motifs is 1. The van der Waals surface area contributed by atoms with E-state index in [0.29, 0.717) is 5.92 Å². The van der Waals surface area contributed by atoms with E-state index in [-0.39, 0.29) is 11.9 Å².